The molecular weight excluding hydrogens is 342 g/mol. The van der Waals surface area contributed by atoms with Crippen LogP contribution in [0.5, 0.6) is 11.5 Å². The van der Waals surface area contributed by atoms with Crippen molar-refractivity contribution in [3.63, 3.8) is 0 Å². The molecule has 136 valence electrons. The fraction of sp³-hybridized carbons (Fsp3) is 0.444. The molecule has 7 heteroatoms. The van der Waals surface area contributed by atoms with Gasteiger partial charge in [0.1, 0.15) is 5.02 Å². The molecule has 0 aliphatic rings. The average molecular weight is 366 g/mol. The van der Waals surface area contributed by atoms with E-state index in [1.54, 1.807) is 0 Å². The van der Waals surface area contributed by atoms with Crippen LogP contribution in [0.2, 0.25) is 5.02 Å². The molecule has 6 nitrogen and oxygen atoms in total. The van der Waals surface area contributed by atoms with Crippen LogP contribution in [-0.4, -0.2) is 23.4 Å². The number of nitrogens with one attached hydrogen (secondary N) is 2. The van der Waals surface area contributed by atoms with E-state index in [1.807, 2.05) is 25.1 Å². The molecule has 0 fully saturated rings. The minimum Gasteiger partial charge on any atom is -0.490 e. The molecule has 0 aliphatic carbocycles. The van der Waals surface area contributed by atoms with E-state index < -0.39 is 5.56 Å². The number of rotatable bonds is 9. The fourth-order valence-electron chi connectivity index (χ4n) is 2.25. The summed E-state index contributed by atoms with van der Waals surface area (Å²) >= 11 is 6.02. The lowest BCUT2D eigenvalue weighted by molar-refractivity contribution is 0.268. The molecule has 2 rings (SSSR count). The van der Waals surface area contributed by atoms with Crippen molar-refractivity contribution in [1.29, 1.82) is 0 Å². The maximum Gasteiger partial charge on any atom is 0.285 e. The highest BCUT2D eigenvalue weighted by Crippen LogP contribution is 2.32. The van der Waals surface area contributed by atoms with Crippen LogP contribution >= 0.6 is 11.6 Å². The summed E-state index contributed by atoms with van der Waals surface area (Å²) in [6.45, 7) is 7.36. The van der Waals surface area contributed by atoms with Gasteiger partial charge in [-0.3, -0.25) is 4.79 Å². The van der Waals surface area contributed by atoms with Gasteiger partial charge in [-0.2, -0.15) is 5.10 Å². The van der Waals surface area contributed by atoms with Crippen LogP contribution in [-0.2, 0) is 0 Å². The van der Waals surface area contributed by atoms with E-state index in [0.717, 1.165) is 29.9 Å². The number of ether oxygens (including phenoxy) is 2. The number of benzene rings is 1. The van der Waals surface area contributed by atoms with Crippen molar-refractivity contribution >= 4 is 17.3 Å². The van der Waals surface area contributed by atoms with Crippen molar-refractivity contribution in [1.82, 2.24) is 10.2 Å². The van der Waals surface area contributed by atoms with Crippen LogP contribution in [0.15, 0.2) is 29.2 Å². The summed E-state index contributed by atoms with van der Waals surface area (Å²) in [6, 6.07) is 5.74. The van der Waals surface area contributed by atoms with Gasteiger partial charge in [-0.15, -0.1) is 0 Å². The third-order valence-electron chi connectivity index (χ3n) is 3.56. The van der Waals surface area contributed by atoms with Crippen molar-refractivity contribution in [2.24, 2.45) is 0 Å². The Kier molecular flexibility index (Phi) is 7.13. The molecule has 1 heterocycles. The summed E-state index contributed by atoms with van der Waals surface area (Å²) in [4.78, 5) is 11.5. The summed E-state index contributed by atoms with van der Waals surface area (Å²) in [7, 11) is 0. The number of aromatic amines is 1. The van der Waals surface area contributed by atoms with Crippen molar-refractivity contribution in [3.8, 4) is 11.5 Å². The van der Waals surface area contributed by atoms with Crippen molar-refractivity contribution < 1.29 is 9.47 Å². The fourth-order valence-corrected chi connectivity index (χ4v) is 2.40. The molecule has 0 radical (unpaired) electrons. The first-order valence-electron chi connectivity index (χ1n) is 8.46. The number of hydrogen-bond acceptors (Lipinski definition) is 5. The second kappa shape index (κ2) is 9.32. The number of H-pyrrole nitrogens is 1. The van der Waals surface area contributed by atoms with Crippen molar-refractivity contribution in [2.45, 2.75) is 39.7 Å². The van der Waals surface area contributed by atoms with E-state index >= 15 is 0 Å². The third kappa shape index (κ3) is 5.13. The smallest absolute Gasteiger partial charge is 0.285 e. The summed E-state index contributed by atoms with van der Waals surface area (Å²) in [5, 5.41) is 9.36. The zero-order chi connectivity index (χ0) is 18.2. The molecule has 2 aromatic rings. The van der Waals surface area contributed by atoms with E-state index in [2.05, 4.69) is 29.4 Å². The first-order valence-corrected chi connectivity index (χ1v) is 8.83. The Labute approximate surface area is 152 Å². The van der Waals surface area contributed by atoms with Crippen molar-refractivity contribution in [3.05, 3.63) is 45.3 Å². The van der Waals surface area contributed by atoms with Crippen molar-refractivity contribution in [2.75, 3.05) is 18.5 Å². The van der Waals surface area contributed by atoms with E-state index in [0.29, 0.717) is 18.9 Å². The Bertz CT molecular complexity index is 749. The van der Waals surface area contributed by atoms with Gasteiger partial charge < -0.3 is 14.8 Å². The number of hydrogen-bond donors (Lipinski definition) is 2. The Hall–Kier alpha value is -2.21. The molecule has 1 unspecified atom stereocenters. The van der Waals surface area contributed by atoms with Crippen LogP contribution < -0.4 is 20.3 Å². The predicted molar refractivity (Wildman–Crippen MR) is 99.9 cm³/mol. The number of halogens is 1. The molecule has 2 N–H and O–H groups in total. The molecule has 0 saturated carbocycles. The lowest BCUT2D eigenvalue weighted by Crippen LogP contribution is -2.14. The number of nitrogens with zero attached hydrogens (tertiary/aromatic N) is 1. The molecule has 1 atom stereocenters. The van der Waals surface area contributed by atoms with Crippen LogP contribution in [0.1, 0.15) is 45.2 Å². The normalized spacial score (nSPS) is 11.8. The minimum absolute atomic E-state index is 0.0900. The second-order valence-corrected chi connectivity index (χ2v) is 6.07. The van der Waals surface area contributed by atoms with Gasteiger partial charge in [0.2, 0.25) is 0 Å². The summed E-state index contributed by atoms with van der Waals surface area (Å²) in [5.74, 6) is 1.46. The Morgan fingerprint density at radius 1 is 1.20 bits per heavy atom. The van der Waals surface area contributed by atoms with E-state index in [9.17, 15) is 4.79 Å². The molecule has 1 aromatic carbocycles. The zero-order valence-electron chi connectivity index (χ0n) is 14.8. The van der Waals surface area contributed by atoms with Gasteiger partial charge >= 0.3 is 0 Å². The third-order valence-corrected chi connectivity index (χ3v) is 3.93. The summed E-state index contributed by atoms with van der Waals surface area (Å²) < 4.78 is 11.6. The maximum atomic E-state index is 11.5. The highest BCUT2D eigenvalue weighted by molar-refractivity contribution is 6.32. The second-order valence-electron chi connectivity index (χ2n) is 5.70. The SMILES string of the molecule is CCCOc1ccc(C(C)Nc2cn[nH]c(=O)c2Cl)cc1OCCC. The van der Waals surface area contributed by atoms with Gasteiger partial charge in [-0.05, 0) is 37.5 Å². The average Bonchev–Trinajstić information content (AvgIpc) is 2.62. The number of aromatic nitrogens is 2. The molecule has 0 spiro atoms. The standard InChI is InChI=1S/C18H24ClN3O3/c1-4-8-24-15-7-6-13(10-16(15)25-9-5-2)12(3)21-14-11-20-22-18(23)17(14)19/h6-7,10-12H,4-5,8-9H2,1-3H3,(H2,21,22,23). The molecular formula is C18H24ClN3O3. The summed E-state index contributed by atoms with van der Waals surface area (Å²) in [6.07, 6.45) is 3.34. The first-order chi connectivity index (χ1) is 12.1. The highest BCUT2D eigenvalue weighted by atomic mass is 35.5. The Morgan fingerprint density at radius 2 is 1.88 bits per heavy atom. The molecule has 0 bridgehead atoms. The van der Waals surface area contributed by atoms with Gasteiger partial charge in [-0.1, -0.05) is 31.5 Å². The van der Waals surface area contributed by atoms with Crippen LogP contribution in [0, 0.1) is 0 Å². The highest BCUT2D eigenvalue weighted by Gasteiger charge is 2.13. The molecule has 0 saturated heterocycles. The zero-order valence-corrected chi connectivity index (χ0v) is 15.5. The molecule has 0 amide bonds. The molecule has 25 heavy (non-hydrogen) atoms. The summed E-state index contributed by atoms with van der Waals surface area (Å²) in [5.41, 5.74) is 1.06. The lowest BCUT2D eigenvalue weighted by atomic mass is 10.1. The lowest BCUT2D eigenvalue weighted by Gasteiger charge is -2.19. The maximum absolute atomic E-state index is 11.5. The van der Waals surface area contributed by atoms with E-state index in [1.165, 1.54) is 6.20 Å². The Morgan fingerprint density at radius 3 is 2.56 bits per heavy atom. The van der Waals surface area contributed by atoms with E-state index in [-0.39, 0.29) is 11.1 Å². The predicted octanol–water partition coefficient (Wildman–Crippen LogP) is 4.17. The van der Waals surface area contributed by atoms with Crippen LogP contribution in [0.4, 0.5) is 5.69 Å². The largest absolute Gasteiger partial charge is 0.490 e. The molecule has 0 aliphatic heterocycles. The van der Waals surface area contributed by atoms with Gasteiger partial charge in [-0.25, -0.2) is 5.10 Å². The van der Waals surface area contributed by atoms with E-state index in [4.69, 9.17) is 21.1 Å². The first kappa shape index (κ1) is 19.1. The quantitative estimate of drug-likeness (QED) is 0.697. The topological polar surface area (TPSA) is 76.2 Å². The molecule has 1 aromatic heterocycles. The minimum atomic E-state index is -0.422. The monoisotopic (exact) mass is 365 g/mol. The number of anilines is 1. The van der Waals surface area contributed by atoms with Gasteiger partial charge in [0.05, 0.1) is 25.1 Å². The van der Waals surface area contributed by atoms with Crippen LogP contribution in [0.3, 0.4) is 0 Å². The van der Waals surface area contributed by atoms with Gasteiger partial charge in [0.15, 0.2) is 11.5 Å². The Balaban J connectivity index is 2.21. The van der Waals surface area contributed by atoms with Crippen LogP contribution in [0.25, 0.3) is 0 Å². The van der Waals surface area contributed by atoms with Gasteiger partial charge in [0, 0.05) is 6.04 Å². The van der Waals surface area contributed by atoms with Gasteiger partial charge in [0.25, 0.3) is 5.56 Å².